The van der Waals surface area contributed by atoms with Gasteiger partial charge in [0.15, 0.2) is 6.61 Å². The van der Waals surface area contributed by atoms with Crippen LogP contribution in [0.1, 0.15) is 6.92 Å². The van der Waals surface area contributed by atoms with Crippen molar-refractivity contribution in [3.63, 3.8) is 0 Å². The van der Waals surface area contributed by atoms with Crippen molar-refractivity contribution in [2.75, 3.05) is 18.5 Å². The van der Waals surface area contributed by atoms with E-state index in [4.69, 9.17) is 5.73 Å². The number of nitrogens with one attached hydrogen (secondary N) is 1. The first-order chi connectivity index (χ1) is 8.81. The number of hydrogen-bond donors (Lipinski definition) is 2. The maximum atomic E-state index is 11.9. The summed E-state index contributed by atoms with van der Waals surface area (Å²) in [4.78, 5) is 15.1. The molecule has 0 saturated carbocycles. The molecule has 1 aromatic rings. The molecule has 0 aromatic carbocycles. The topological polar surface area (TPSA) is 77.2 Å². The summed E-state index contributed by atoms with van der Waals surface area (Å²) in [6.07, 6.45) is -3.20. The zero-order valence-corrected chi connectivity index (χ0v) is 10.2. The van der Waals surface area contributed by atoms with Crippen LogP contribution in [-0.2, 0) is 4.79 Å². The number of anilines is 1. The van der Waals surface area contributed by atoms with E-state index in [1.54, 1.807) is 6.92 Å². The fraction of sp³-hybridized carbons (Fsp3) is 0.455. The highest BCUT2D eigenvalue weighted by Gasteiger charge is 2.28. The fourth-order valence-corrected chi connectivity index (χ4v) is 1.07. The van der Waals surface area contributed by atoms with Crippen molar-refractivity contribution in [3.8, 4) is 5.88 Å². The number of carbonyl (C=O) groups excluding carboxylic acids is 1. The highest BCUT2D eigenvalue weighted by molar-refractivity contribution is 5.92. The lowest BCUT2D eigenvalue weighted by Crippen LogP contribution is -2.26. The minimum atomic E-state index is -4.41. The number of pyridine rings is 1. The van der Waals surface area contributed by atoms with Gasteiger partial charge >= 0.3 is 6.18 Å². The molecule has 0 aliphatic heterocycles. The van der Waals surface area contributed by atoms with Crippen LogP contribution in [0.25, 0.3) is 0 Å². The molecule has 1 unspecified atom stereocenters. The van der Waals surface area contributed by atoms with Gasteiger partial charge in [0.25, 0.3) is 0 Å². The number of alkyl halides is 3. The molecule has 0 spiro atoms. The molecule has 0 fully saturated rings. The third-order valence-electron chi connectivity index (χ3n) is 2.19. The summed E-state index contributed by atoms with van der Waals surface area (Å²) < 4.78 is 40.1. The molecule has 0 bridgehead atoms. The molecule has 0 aliphatic rings. The number of hydrogen-bond acceptors (Lipinski definition) is 4. The first kappa shape index (κ1) is 15.2. The number of amides is 1. The van der Waals surface area contributed by atoms with Crippen molar-refractivity contribution in [1.29, 1.82) is 0 Å². The lowest BCUT2D eigenvalue weighted by molar-refractivity contribution is -0.154. The van der Waals surface area contributed by atoms with Gasteiger partial charge in [0.1, 0.15) is 0 Å². The SMILES string of the molecule is CC(CN)C(=O)Nc1ccc(OCC(F)(F)F)nc1. The molecular weight excluding hydrogens is 263 g/mol. The monoisotopic (exact) mass is 277 g/mol. The third-order valence-corrected chi connectivity index (χ3v) is 2.19. The van der Waals surface area contributed by atoms with Gasteiger partial charge in [0, 0.05) is 18.5 Å². The van der Waals surface area contributed by atoms with E-state index in [0.717, 1.165) is 0 Å². The third kappa shape index (κ3) is 5.56. The van der Waals surface area contributed by atoms with Gasteiger partial charge in [-0.25, -0.2) is 4.98 Å². The predicted molar refractivity (Wildman–Crippen MR) is 62.6 cm³/mol. The summed E-state index contributed by atoms with van der Waals surface area (Å²) in [5.41, 5.74) is 5.69. The van der Waals surface area contributed by atoms with Crippen molar-refractivity contribution in [2.45, 2.75) is 13.1 Å². The van der Waals surface area contributed by atoms with E-state index >= 15 is 0 Å². The Labute approximate surface area is 108 Å². The number of carbonyl (C=O) groups is 1. The summed E-state index contributed by atoms with van der Waals surface area (Å²) in [6, 6.07) is 2.65. The van der Waals surface area contributed by atoms with Crippen LogP contribution < -0.4 is 15.8 Å². The Kier molecular flexibility index (Phi) is 5.11. The lowest BCUT2D eigenvalue weighted by atomic mass is 10.1. The molecule has 106 valence electrons. The standard InChI is InChI=1S/C11H14F3N3O2/c1-7(4-15)10(18)17-8-2-3-9(16-5-8)19-6-11(12,13)14/h2-3,5,7H,4,6,15H2,1H3,(H,17,18). The van der Waals surface area contributed by atoms with E-state index in [2.05, 4.69) is 15.0 Å². The Morgan fingerprint density at radius 1 is 1.53 bits per heavy atom. The van der Waals surface area contributed by atoms with E-state index in [9.17, 15) is 18.0 Å². The van der Waals surface area contributed by atoms with Crippen molar-refractivity contribution < 1.29 is 22.7 Å². The minimum Gasteiger partial charge on any atom is -0.468 e. The summed E-state index contributed by atoms with van der Waals surface area (Å²) in [5.74, 6) is -0.809. The summed E-state index contributed by atoms with van der Waals surface area (Å²) in [7, 11) is 0. The largest absolute Gasteiger partial charge is 0.468 e. The van der Waals surface area contributed by atoms with Gasteiger partial charge in [0.2, 0.25) is 11.8 Å². The quantitative estimate of drug-likeness (QED) is 0.856. The van der Waals surface area contributed by atoms with Crippen LogP contribution in [0.3, 0.4) is 0 Å². The molecule has 5 nitrogen and oxygen atoms in total. The molecule has 0 aliphatic carbocycles. The highest BCUT2D eigenvalue weighted by atomic mass is 19.4. The lowest BCUT2D eigenvalue weighted by Gasteiger charge is -2.11. The van der Waals surface area contributed by atoms with E-state index in [0.29, 0.717) is 5.69 Å². The molecule has 0 radical (unpaired) electrons. The maximum Gasteiger partial charge on any atom is 0.422 e. The first-order valence-corrected chi connectivity index (χ1v) is 5.48. The molecule has 1 heterocycles. The first-order valence-electron chi connectivity index (χ1n) is 5.48. The predicted octanol–water partition coefficient (Wildman–Crippen LogP) is 1.56. The van der Waals surface area contributed by atoms with Crippen molar-refractivity contribution >= 4 is 11.6 Å². The number of halogens is 3. The molecule has 8 heteroatoms. The van der Waals surface area contributed by atoms with Crippen LogP contribution in [-0.4, -0.2) is 30.2 Å². The average Bonchev–Trinajstić information content (AvgIpc) is 2.36. The maximum absolute atomic E-state index is 11.9. The van der Waals surface area contributed by atoms with Gasteiger partial charge in [-0.15, -0.1) is 0 Å². The van der Waals surface area contributed by atoms with Gasteiger partial charge < -0.3 is 15.8 Å². The molecule has 1 aromatic heterocycles. The van der Waals surface area contributed by atoms with E-state index in [1.807, 2.05) is 0 Å². The molecule has 1 amide bonds. The van der Waals surface area contributed by atoms with E-state index in [-0.39, 0.29) is 24.2 Å². The molecule has 3 N–H and O–H groups in total. The summed E-state index contributed by atoms with van der Waals surface area (Å²) >= 11 is 0. The molecular formula is C11H14F3N3O2. The number of rotatable bonds is 5. The van der Waals surface area contributed by atoms with Crippen LogP contribution in [0.2, 0.25) is 0 Å². The average molecular weight is 277 g/mol. The Morgan fingerprint density at radius 3 is 2.68 bits per heavy atom. The van der Waals surface area contributed by atoms with E-state index < -0.39 is 12.8 Å². The Balaban J connectivity index is 2.54. The zero-order chi connectivity index (χ0) is 14.5. The number of ether oxygens (including phenoxy) is 1. The second-order valence-corrected chi connectivity index (χ2v) is 3.91. The van der Waals surface area contributed by atoms with Gasteiger partial charge in [0.05, 0.1) is 11.9 Å². The van der Waals surface area contributed by atoms with Crippen LogP contribution >= 0.6 is 0 Å². The van der Waals surface area contributed by atoms with E-state index in [1.165, 1.54) is 18.3 Å². The van der Waals surface area contributed by atoms with Crippen LogP contribution in [0.5, 0.6) is 5.88 Å². The second kappa shape index (κ2) is 6.37. The molecule has 0 saturated heterocycles. The number of aromatic nitrogens is 1. The smallest absolute Gasteiger partial charge is 0.422 e. The van der Waals surface area contributed by atoms with Crippen LogP contribution in [0.4, 0.5) is 18.9 Å². The van der Waals surface area contributed by atoms with Gasteiger partial charge in [-0.3, -0.25) is 4.79 Å². The van der Waals surface area contributed by atoms with Crippen LogP contribution in [0, 0.1) is 5.92 Å². The Morgan fingerprint density at radius 2 is 2.21 bits per heavy atom. The fourth-order valence-electron chi connectivity index (χ4n) is 1.07. The van der Waals surface area contributed by atoms with Crippen molar-refractivity contribution in [3.05, 3.63) is 18.3 Å². The molecule has 1 rings (SSSR count). The summed E-state index contributed by atoms with van der Waals surface area (Å²) in [5, 5.41) is 2.53. The van der Waals surface area contributed by atoms with Crippen molar-refractivity contribution in [2.24, 2.45) is 11.7 Å². The normalized spacial score (nSPS) is 12.9. The summed E-state index contributed by atoms with van der Waals surface area (Å²) in [6.45, 7) is 0.450. The highest BCUT2D eigenvalue weighted by Crippen LogP contribution is 2.18. The second-order valence-electron chi connectivity index (χ2n) is 3.91. The zero-order valence-electron chi connectivity index (χ0n) is 10.2. The Hall–Kier alpha value is -1.83. The number of nitrogens with two attached hydrogens (primary N) is 1. The van der Waals surface area contributed by atoms with Crippen LogP contribution in [0.15, 0.2) is 18.3 Å². The van der Waals surface area contributed by atoms with Gasteiger partial charge in [-0.2, -0.15) is 13.2 Å². The van der Waals surface area contributed by atoms with Gasteiger partial charge in [-0.1, -0.05) is 6.92 Å². The number of nitrogens with zero attached hydrogens (tertiary/aromatic N) is 1. The van der Waals surface area contributed by atoms with Crippen molar-refractivity contribution in [1.82, 2.24) is 4.98 Å². The minimum absolute atomic E-state index is 0.165. The Bertz CT molecular complexity index is 420. The molecule has 1 atom stereocenters. The molecule has 19 heavy (non-hydrogen) atoms. The van der Waals surface area contributed by atoms with Gasteiger partial charge in [-0.05, 0) is 6.07 Å².